The summed E-state index contributed by atoms with van der Waals surface area (Å²) in [5.74, 6) is -1.05. The number of aromatic carboxylic acids is 1. The van der Waals surface area contributed by atoms with Crippen LogP contribution in [0.4, 0.5) is 0 Å². The minimum atomic E-state index is -1.05. The monoisotopic (exact) mass is 315 g/mol. The SMILES string of the molecule is O=C(O)c1cc2cc(-c3ccc(-c4ccccc4)cc3)ncn2n1. The number of aromatic nitrogens is 3. The lowest BCUT2D eigenvalue weighted by Crippen LogP contribution is -1.97. The van der Waals surface area contributed by atoms with Crippen molar-refractivity contribution in [3.8, 4) is 22.4 Å². The summed E-state index contributed by atoms with van der Waals surface area (Å²) in [6.07, 6.45) is 1.53. The molecule has 5 nitrogen and oxygen atoms in total. The number of fused-ring (bicyclic) bond motifs is 1. The van der Waals surface area contributed by atoms with Crippen LogP contribution < -0.4 is 0 Å². The Bertz CT molecular complexity index is 1020. The fourth-order valence-electron chi connectivity index (χ4n) is 2.63. The molecule has 2 aromatic heterocycles. The summed E-state index contributed by atoms with van der Waals surface area (Å²) in [6, 6.07) is 21.6. The molecule has 0 amide bonds. The van der Waals surface area contributed by atoms with Crippen LogP contribution >= 0.6 is 0 Å². The first-order chi connectivity index (χ1) is 11.7. The molecule has 2 aromatic carbocycles. The van der Waals surface area contributed by atoms with Crippen molar-refractivity contribution in [2.24, 2.45) is 0 Å². The van der Waals surface area contributed by atoms with Crippen molar-refractivity contribution >= 4 is 11.5 Å². The average molecular weight is 315 g/mol. The minimum absolute atomic E-state index is 0.00776. The van der Waals surface area contributed by atoms with Crippen molar-refractivity contribution < 1.29 is 9.90 Å². The van der Waals surface area contributed by atoms with E-state index in [0.717, 1.165) is 22.4 Å². The molecule has 0 unspecified atom stereocenters. The maximum atomic E-state index is 11.0. The Labute approximate surface area is 137 Å². The van der Waals surface area contributed by atoms with E-state index in [1.54, 1.807) is 0 Å². The van der Waals surface area contributed by atoms with Crippen molar-refractivity contribution in [3.05, 3.63) is 78.8 Å². The molecule has 5 heteroatoms. The number of benzene rings is 2. The molecule has 24 heavy (non-hydrogen) atoms. The third-order valence-corrected chi connectivity index (χ3v) is 3.86. The largest absolute Gasteiger partial charge is 0.476 e. The number of nitrogens with zero attached hydrogens (tertiary/aromatic N) is 3. The van der Waals surface area contributed by atoms with Gasteiger partial charge >= 0.3 is 5.97 Å². The molecule has 4 rings (SSSR count). The average Bonchev–Trinajstić information content (AvgIpc) is 3.06. The van der Waals surface area contributed by atoms with Gasteiger partial charge in [0.15, 0.2) is 5.69 Å². The van der Waals surface area contributed by atoms with E-state index in [2.05, 4.69) is 34.3 Å². The van der Waals surface area contributed by atoms with E-state index < -0.39 is 5.97 Å². The van der Waals surface area contributed by atoms with Gasteiger partial charge in [0.25, 0.3) is 0 Å². The van der Waals surface area contributed by atoms with E-state index in [1.165, 1.54) is 16.9 Å². The zero-order chi connectivity index (χ0) is 16.5. The summed E-state index contributed by atoms with van der Waals surface area (Å²) in [5, 5.41) is 13.0. The van der Waals surface area contributed by atoms with Gasteiger partial charge in [0.05, 0.1) is 11.2 Å². The molecule has 116 valence electrons. The second kappa shape index (κ2) is 5.62. The van der Waals surface area contributed by atoms with E-state index in [1.807, 2.05) is 36.4 Å². The fraction of sp³-hybridized carbons (Fsp3) is 0. The van der Waals surface area contributed by atoms with Gasteiger partial charge in [-0.05, 0) is 23.3 Å². The maximum Gasteiger partial charge on any atom is 0.356 e. The molecule has 0 bridgehead atoms. The third-order valence-electron chi connectivity index (χ3n) is 3.86. The molecule has 0 fully saturated rings. The van der Waals surface area contributed by atoms with Crippen LogP contribution in [0.15, 0.2) is 73.1 Å². The van der Waals surface area contributed by atoms with Crippen LogP contribution in [-0.2, 0) is 0 Å². The summed E-state index contributed by atoms with van der Waals surface area (Å²) in [5.41, 5.74) is 4.75. The van der Waals surface area contributed by atoms with Crippen LogP contribution in [0.5, 0.6) is 0 Å². The maximum absolute atomic E-state index is 11.0. The summed E-state index contributed by atoms with van der Waals surface area (Å²) >= 11 is 0. The molecule has 1 N–H and O–H groups in total. The highest BCUT2D eigenvalue weighted by molar-refractivity contribution is 5.87. The second-order valence-corrected chi connectivity index (χ2v) is 5.42. The van der Waals surface area contributed by atoms with Gasteiger partial charge in [0.2, 0.25) is 0 Å². The lowest BCUT2D eigenvalue weighted by molar-refractivity contribution is 0.0690. The lowest BCUT2D eigenvalue weighted by Gasteiger charge is -2.04. The summed E-state index contributed by atoms with van der Waals surface area (Å²) in [6.45, 7) is 0. The Kier molecular flexibility index (Phi) is 3.31. The molecule has 0 aliphatic heterocycles. The van der Waals surface area contributed by atoms with Gasteiger partial charge in [0.1, 0.15) is 6.33 Å². The van der Waals surface area contributed by atoms with Crippen molar-refractivity contribution in [1.82, 2.24) is 14.6 Å². The first kappa shape index (κ1) is 14.1. The summed E-state index contributed by atoms with van der Waals surface area (Å²) in [7, 11) is 0. The Morgan fingerprint density at radius 1 is 0.875 bits per heavy atom. The van der Waals surface area contributed by atoms with E-state index >= 15 is 0 Å². The fourth-order valence-corrected chi connectivity index (χ4v) is 2.63. The van der Waals surface area contributed by atoms with Crippen LogP contribution in [0.2, 0.25) is 0 Å². The van der Waals surface area contributed by atoms with Gasteiger partial charge in [0, 0.05) is 5.56 Å². The number of rotatable bonds is 3. The van der Waals surface area contributed by atoms with E-state index in [9.17, 15) is 4.79 Å². The predicted octanol–water partition coefficient (Wildman–Crippen LogP) is 3.76. The first-order valence-electron chi connectivity index (χ1n) is 7.45. The number of hydrogen-bond donors (Lipinski definition) is 1. The van der Waals surface area contributed by atoms with Gasteiger partial charge in [-0.15, -0.1) is 0 Å². The second-order valence-electron chi connectivity index (χ2n) is 5.42. The topological polar surface area (TPSA) is 67.5 Å². The third kappa shape index (κ3) is 2.52. The standard InChI is InChI=1S/C19H13N3O2/c23-19(24)18-11-16-10-17(20-12-22(16)21-18)15-8-6-14(7-9-15)13-4-2-1-3-5-13/h1-12H,(H,23,24). The van der Waals surface area contributed by atoms with Crippen molar-refractivity contribution in [1.29, 1.82) is 0 Å². The minimum Gasteiger partial charge on any atom is -0.476 e. The molecular weight excluding hydrogens is 302 g/mol. The van der Waals surface area contributed by atoms with E-state index in [0.29, 0.717) is 5.52 Å². The Balaban J connectivity index is 1.70. The molecule has 0 spiro atoms. The van der Waals surface area contributed by atoms with Crippen molar-refractivity contribution in [2.75, 3.05) is 0 Å². The van der Waals surface area contributed by atoms with Gasteiger partial charge < -0.3 is 5.11 Å². The van der Waals surface area contributed by atoms with Crippen LogP contribution in [0.3, 0.4) is 0 Å². The Hall–Kier alpha value is -3.47. The Morgan fingerprint density at radius 3 is 2.25 bits per heavy atom. The molecular formula is C19H13N3O2. The number of carbonyl (C=O) groups is 1. The molecule has 0 saturated heterocycles. The Morgan fingerprint density at radius 2 is 1.54 bits per heavy atom. The lowest BCUT2D eigenvalue weighted by atomic mass is 10.0. The number of carboxylic acid groups (broad SMARTS) is 1. The molecule has 4 aromatic rings. The molecule has 0 aliphatic carbocycles. The highest BCUT2D eigenvalue weighted by atomic mass is 16.4. The number of carboxylic acids is 1. The van der Waals surface area contributed by atoms with Crippen LogP contribution in [0, 0.1) is 0 Å². The molecule has 0 radical (unpaired) electrons. The first-order valence-corrected chi connectivity index (χ1v) is 7.45. The highest BCUT2D eigenvalue weighted by Gasteiger charge is 2.10. The molecule has 2 heterocycles. The van der Waals surface area contributed by atoms with Crippen LogP contribution in [0.1, 0.15) is 10.5 Å². The zero-order valence-electron chi connectivity index (χ0n) is 12.6. The highest BCUT2D eigenvalue weighted by Crippen LogP contribution is 2.24. The van der Waals surface area contributed by atoms with Gasteiger partial charge in [-0.1, -0.05) is 54.6 Å². The van der Waals surface area contributed by atoms with Crippen molar-refractivity contribution in [3.63, 3.8) is 0 Å². The van der Waals surface area contributed by atoms with Gasteiger partial charge in [-0.2, -0.15) is 5.10 Å². The van der Waals surface area contributed by atoms with Gasteiger partial charge in [-0.25, -0.2) is 14.3 Å². The van der Waals surface area contributed by atoms with E-state index in [4.69, 9.17) is 5.11 Å². The normalized spacial score (nSPS) is 10.8. The summed E-state index contributed by atoms with van der Waals surface area (Å²) < 4.78 is 1.46. The smallest absolute Gasteiger partial charge is 0.356 e. The van der Waals surface area contributed by atoms with E-state index in [-0.39, 0.29) is 5.69 Å². The van der Waals surface area contributed by atoms with Crippen molar-refractivity contribution in [2.45, 2.75) is 0 Å². The van der Waals surface area contributed by atoms with Crippen LogP contribution in [-0.4, -0.2) is 25.7 Å². The quantitative estimate of drug-likeness (QED) is 0.625. The van der Waals surface area contributed by atoms with Gasteiger partial charge in [-0.3, -0.25) is 0 Å². The molecule has 0 atom stereocenters. The number of hydrogen-bond acceptors (Lipinski definition) is 3. The van der Waals surface area contributed by atoms with Crippen LogP contribution in [0.25, 0.3) is 27.9 Å². The molecule has 0 aliphatic rings. The predicted molar refractivity (Wildman–Crippen MR) is 90.8 cm³/mol. The molecule has 0 saturated carbocycles. The summed E-state index contributed by atoms with van der Waals surface area (Å²) in [4.78, 5) is 15.4. The zero-order valence-corrected chi connectivity index (χ0v) is 12.6.